The lowest BCUT2D eigenvalue weighted by molar-refractivity contribution is -0.121. The van der Waals surface area contributed by atoms with Crippen LogP contribution in [0.25, 0.3) is 0 Å². The highest BCUT2D eigenvalue weighted by Gasteiger charge is 2.30. The van der Waals surface area contributed by atoms with E-state index in [1.807, 2.05) is 0 Å². The molecule has 1 N–H and O–H groups in total. The zero-order chi connectivity index (χ0) is 14.6. The van der Waals surface area contributed by atoms with Gasteiger partial charge in [0.25, 0.3) is 0 Å². The molecular formula is C15H21NO3S. The number of amides is 1. The molecule has 1 aromatic rings. The summed E-state index contributed by atoms with van der Waals surface area (Å²) in [6, 6.07) is 8.27. The van der Waals surface area contributed by atoms with Crippen LogP contribution in [0.2, 0.25) is 0 Å². The summed E-state index contributed by atoms with van der Waals surface area (Å²) in [6.45, 7) is 1.46. The molecule has 1 saturated carbocycles. The van der Waals surface area contributed by atoms with Crippen LogP contribution in [0.1, 0.15) is 39.0 Å². The Morgan fingerprint density at radius 1 is 1.15 bits per heavy atom. The maximum atomic E-state index is 12.4. The molecule has 4 nitrogen and oxygen atoms in total. The van der Waals surface area contributed by atoms with E-state index in [1.165, 1.54) is 25.5 Å². The molecule has 5 heteroatoms. The van der Waals surface area contributed by atoms with E-state index in [-0.39, 0.29) is 16.8 Å². The molecule has 1 fully saturated rings. The molecule has 2 rings (SSSR count). The molecule has 0 aromatic heterocycles. The van der Waals surface area contributed by atoms with Gasteiger partial charge in [-0.05, 0) is 31.9 Å². The molecule has 0 radical (unpaired) electrons. The molecule has 1 aliphatic carbocycles. The zero-order valence-corrected chi connectivity index (χ0v) is 12.5. The van der Waals surface area contributed by atoms with Crippen LogP contribution in [-0.4, -0.2) is 25.6 Å². The fourth-order valence-electron chi connectivity index (χ4n) is 2.52. The van der Waals surface area contributed by atoms with Crippen LogP contribution in [0.15, 0.2) is 35.2 Å². The van der Waals surface area contributed by atoms with Crippen LogP contribution in [0.5, 0.6) is 0 Å². The highest BCUT2D eigenvalue weighted by atomic mass is 32.2. The first-order valence-electron chi connectivity index (χ1n) is 7.11. The third-order valence-electron chi connectivity index (χ3n) is 3.86. The topological polar surface area (TPSA) is 63.2 Å². The van der Waals surface area contributed by atoms with Crippen LogP contribution in [0.3, 0.4) is 0 Å². The van der Waals surface area contributed by atoms with Gasteiger partial charge in [0.05, 0.1) is 4.90 Å². The summed E-state index contributed by atoms with van der Waals surface area (Å²) >= 11 is 0. The Hall–Kier alpha value is -1.36. The second kappa shape index (κ2) is 6.39. The minimum atomic E-state index is -3.60. The first kappa shape index (κ1) is 15.0. The monoisotopic (exact) mass is 295 g/mol. The van der Waals surface area contributed by atoms with E-state index >= 15 is 0 Å². The highest BCUT2D eigenvalue weighted by Crippen LogP contribution is 2.19. The van der Waals surface area contributed by atoms with Crippen molar-refractivity contribution in [3.8, 4) is 0 Å². The van der Waals surface area contributed by atoms with Crippen molar-refractivity contribution < 1.29 is 13.2 Å². The molecule has 0 aliphatic heterocycles. The molecule has 0 spiro atoms. The number of carbonyl (C=O) groups is 1. The largest absolute Gasteiger partial charge is 0.352 e. The molecule has 1 atom stereocenters. The predicted octanol–water partition coefficient (Wildman–Crippen LogP) is 2.30. The predicted molar refractivity (Wildman–Crippen MR) is 78.1 cm³/mol. The van der Waals surface area contributed by atoms with Crippen molar-refractivity contribution in [3.05, 3.63) is 30.3 Å². The first-order chi connectivity index (χ1) is 9.51. The highest BCUT2D eigenvalue weighted by molar-refractivity contribution is 7.92. The molecule has 1 aromatic carbocycles. The first-order valence-corrected chi connectivity index (χ1v) is 8.66. The van der Waals surface area contributed by atoms with Crippen LogP contribution < -0.4 is 5.32 Å². The van der Waals surface area contributed by atoms with Gasteiger partial charge in [0.2, 0.25) is 5.91 Å². The SMILES string of the molecule is CC(C(=O)NC1CCCCC1)S(=O)(=O)c1ccccc1. The third kappa shape index (κ3) is 3.39. The Morgan fingerprint density at radius 3 is 2.35 bits per heavy atom. The lowest BCUT2D eigenvalue weighted by Crippen LogP contribution is -2.44. The zero-order valence-electron chi connectivity index (χ0n) is 11.7. The molecule has 1 unspecified atom stereocenters. The number of sulfone groups is 1. The van der Waals surface area contributed by atoms with E-state index in [9.17, 15) is 13.2 Å². The Balaban J connectivity index is 2.06. The Labute approximate surface area is 120 Å². The number of hydrogen-bond donors (Lipinski definition) is 1. The quantitative estimate of drug-likeness (QED) is 0.927. The van der Waals surface area contributed by atoms with Gasteiger partial charge in [-0.25, -0.2) is 8.42 Å². The molecule has 0 saturated heterocycles. The van der Waals surface area contributed by atoms with Crippen molar-refractivity contribution in [2.75, 3.05) is 0 Å². The molecule has 0 bridgehead atoms. The summed E-state index contributed by atoms with van der Waals surface area (Å²) in [7, 11) is -3.60. The Morgan fingerprint density at radius 2 is 1.75 bits per heavy atom. The van der Waals surface area contributed by atoms with E-state index in [2.05, 4.69) is 5.32 Å². The summed E-state index contributed by atoms with van der Waals surface area (Å²) < 4.78 is 24.7. The smallest absolute Gasteiger partial charge is 0.238 e. The van der Waals surface area contributed by atoms with Gasteiger partial charge in [-0.1, -0.05) is 37.5 Å². The average molecular weight is 295 g/mol. The van der Waals surface area contributed by atoms with Crippen molar-refractivity contribution in [2.24, 2.45) is 0 Å². The van der Waals surface area contributed by atoms with E-state index in [1.54, 1.807) is 18.2 Å². The van der Waals surface area contributed by atoms with Crippen LogP contribution >= 0.6 is 0 Å². The van der Waals surface area contributed by atoms with E-state index in [0.717, 1.165) is 25.7 Å². The van der Waals surface area contributed by atoms with E-state index in [4.69, 9.17) is 0 Å². The lowest BCUT2D eigenvalue weighted by Gasteiger charge is -2.24. The number of nitrogens with one attached hydrogen (secondary N) is 1. The fourth-order valence-corrected chi connectivity index (χ4v) is 3.82. The van der Waals surface area contributed by atoms with Crippen LogP contribution in [0.4, 0.5) is 0 Å². The lowest BCUT2D eigenvalue weighted by atomic mass is 9.95. The van der Waals surface area contributed by atoms with Crippen molar-refractivity contribution in [3.63, 3.8) is 0 Å². The van der Waals surface area contributed by atoms with Crippen LogP contribution in [-0.2, 0) is 14.6 Å². The number of benzene rings is 1. The number of rotatable bonds is 4. The molecule has 0 heterocycles. The van der Waals surface area contributed by atoms with Crippen molar-refractivity contribution in [1.82, 2.24) is 5.32 Å². The second-order valence-corrected chi connectivity index (χ2v) is 7.61. The maximum Gasteiger partial charge on any atom is 0.238 e. The second-order valence-electron chi connectivity index (χ2n) is 5.34. The normalized spacial score (nSPS) is 18.4. The molecule has 20 heavy (non-hydrogen) atoms. The standard InChI is InChI=1S/C15H21NO3S/c1-12(15(17)16-13-8-4-2-5-9-13)20(18,19)14-10-6-3-7-11-14/h3,6-7,10-13H,2,4-5,8-9H2,1H3,(H,16,17). The third-order valence-corrected chi connectivity index (χ3v) is 5.93. The van der Waals surface area contributed by atoms with Gasteiger partial charge >= 0.3 is 0 Å². The summed E-state index contributed by atoms with van der Waals surface area (Å²) in [4.78, 5) is 12.3. The Bertz CT molecular complexity index is 548. The summed E-state index contributed by atoms with van der Waals surface area (Å²) in [5, 5.41) is 1.83. The molecule has 1 amide bonds. The van der Waals surface area contributed by atoms with Gasteiger partial charge in [0, 0.05) is 6.04 Å². The minimum absolute atomic E-state index is 0.129. The van der Waals surface area contributed by atoms with Crippen molar-refractivity contribution in [1.29, 1.82) is 0 Å². The number of carbonyl (C=O) groups excluding carboxylic acids is 1. The Kier molecular flexibility index (Phi) is 4.81. The van der Waals surface area contributed by atoms with Gasteiger partial charge in [-0.15, -0.1) is 0 Å². The van der Waals surface area contributed by atoms with Crippen molar-refractivity contribution >= 4 is 15.7 Å². The summed E-state index contributed by atoms with van der Waals surface area (Å²) in [5.41, 5.74) is 0. The van der Waals surface area contributed by atoms with Gasteiger partial charge in [0.15, 0.2) is 9.84 Å². The van der Waals surface area contributed by atoms with Crippen LogP contribution in [0, 0.1) is 0 Å². The fraction of sp³-hybridized carbons (Fsp3) is 0.533. The summed E-state index contributed by atoms with van der Waals surface area (Å²) in [5.74, 6) is -0.388. The van der Waals surface area contributed by atoms with Crippen molar-refractivity contribution in [2.45, 2.75) is 55.2 Å². The number of hydrogen-bond acceptors (Lipinski definition) is 3. The van der Waals surface area contributed by atoms with Gasteiger partial charge in [-0.3, -0.25) is 4.79 Å². The van der Waals surface area contributed by atoms with Gasteiger partial charge in [-0.2, -0.15) is 0 Å². The molecule has 110 valence electrons. The van der Waals surface area contributed by atoms with E-state index in [0.29, 0.717) is 0 Å². The molecular weight excluding hydrogens is 274 g/mol. The molecule has 1 aliphatic rings. The van der Waals surface area contributed by atoms with Gasteiger partial charge < -0.3 is 5.32 Å². The average Bonchev–Trinajstić information content (AvgIpc) is 2.48. The minimum Gasteiger partial charge on any atom is -0.352 e. The maximum absolute atomic E-state index is 12.4. The van der Waals surface area contributed by atoms with E-state index < -0.39 is 15.1 Å². The van der Waals surface area contributed by atoms with Gasteiger partial charge in [0.1, 0.15) is 5.25 Å². The summed E-state index contributed by atoms with van der Waals surface area (Å²) in [6.07, 6.45) is 5.30.